The zero-order valence-electron chi connectivity index (χ0n) is 19.8. The van der Waals surface area contributed by atoms with Crippen molar-refractivity contribution in [2.45, 2.75) is 44.6 Å². The minimum Gasteiger partial charge on any atom is -0.481 e. The average Bonchev–Trinajstić information content (AvgIpc) is 3.19. The van der Waals surface area contributed by atoms with Crippen LogP contribution in [0.5, 0.6) is 0 Å². The molecule has 0 saturated carbocycles. The zero-order valence-corrected chi connectivity index (χ0v) is 19.8. The van der Waals surface area contributed by atoms with Crippen LogP contribution >= 0.6 is 0 Å². The van der Waals surface area contributed by atoms with E-state index in [9.17, 15) is 19.2 Å². The molecule has 33 heavy (non-hydrogen) atoms. The number of piperazine rings is 1. The number of nitrogens with zero attached hydrogens (tertiary/aromatic N) is 3. The topological polar surface area (TPSA) is 134 Å². The van der Waals surface area contributed by atoms with E-state index in [0.29, 0.717) is 25.6 Å². The maximum atomic E-state index is 12.3. The van der Waals surface area contributed by atoms with Crippen molar-refractivity contribution in [1.29, 1.82) is 0 Å². The summed E-state index contributed by atoms with van der Waals surface area (Å²) < 4.78 is 0. The first kappa shape index (κ1) is 27.0. The molecular formula is C22H40N6O5. The Hall–Kier alpha value is -2.24. The van der Waals surface area contributed by atoms with Gasteiger partial charge in [-0.2, -0.15) is 0 Å². The Balaban J connectivity index is 1.52. The van der Waals surface area contributed by atoms with Gasteiger partial charge < -0.3 is 26.0 Å². The van der Waals surface area contributed by atoms with Gasteiger partial charge in [-0.05, 0) is 32.9 Å². The van der Waals surface area contributed by atoms with Crippen LogP contribution in [0.1, 0.15) is 38.5 Å². The second-order valence-corrected chi connectivity index (χ2v) is 8.92. The first-order valence-electron chi connectivity index (χ1n) is 12.0. The number of aliphatic carboxylic acids is 1. The SMILES string of the molecule is CN1CCN([13CH2][13CH]2[13CH2][13CH2][13CH2][15N]2CC(=O)[15NH][13CH2][13CH2][13C](=O)[15NH]CC[13C](=O)NCCCC(=O)O)[13CH2][13CH2]1. The molecule has 0 aromatic carbocycles. The molecule has 0 bridgehead atoms. The number of carbonyl (C=O) groups excluding carboxylic acids is 3. The zero-order chi connectivity index (χ0) is 24.1. The van der Waals surface area contributed by atoms with Crippen molar-refractivity contribution in [1.82, 2.24) is 30.7 Å². The molecule has 2 heterocycles. The van der Waals surface area contributed by atoms with Crippen LogP contribution in [0.25, 0.3) is 0 Å². The lowest BCUT2D eigenvalue weighted by atomic mass is 10.3. The van der Waals surface area contributed by atoms with Crippen molar-refractivity contribution in [3.63, 3.8) is 0 Å². The molecule has 0 aromatic rings. The van der Waals surface area contributed by atoms with E-state index >= 15 is 0 Å². The van der Waals surface area contributed by atoms with E-state index < -0.39 is 5.97 Å². The van der Waals surface area contributed by atoms with Crippen molar-refractivity contribution in [2.24, 2.45) is 0 Å². The molecule has 0 spiro atoms. The highest BCUT2D eigenvalue weighted by atomic mass is 16.4. The number of carboxylic acids is 1. The van der Waals surface area contributed by atoms with Gasteiger partial charge >= 0.3 is 5.97 Å². The van der Waals surface area contributed by atoms with E-state index in [1.165, 1.54) is 0 Å². The molecule has 0 radical (unpaired) electrons. The molecule has 4 N–H and O–H groups in total. The third-order valence-corrected chi connectivity index (χ3v) is 6.15. The normalized spacial score (nSPS) is 19.8. The van der Waals surface area contributed by atoms with E-state index in [0.717, 1.165) is 52.1 Å². The quantitative estimate of drug-likeness (QED) is 0.136. The van der Waals surface area contributed by atoms with Crippen LogP contribution < -0.4 is 16.0 Å². The van der Waals surface area contributed by atoms with E-state index in [1.54, 1.807) is 0 Å². The number of nitrogens with one attached hydrogen (secondary N) is 3. The fraction of sp³-hybridized carbons (Fsp3) is 0.818. The van der Waals surface area contributed by atoms with Gasteiger partial charge in [-0.15, -0.1) is 0 Å². The fourth-order valence-corrected chi connectivity index (χ4v) is 4.15. The molecule has 1 unspecified atom stereocenters. The van der Waals surface area contributed by atoms with Crippen LogP contribution in [-0.2, 0) is 19.2 Å². The van der Waals surface area contributed by atoms with Crippen LogP contribution in [0, 0.1) is 0 Å². The van der Waals surface area contributed by atoms with Crippen molar-refractivity contribution >= 4 is 23.7 Å². The van der Waals surface area contributed by atoms with Crippen LogP contribution in [0.2, 0.25) is 0 Å². The first-order chi connectivity index (χ1) is 15.8. The van der Waals surface area contributed by atoms with Gasteiger partial charge in [0.2, 0.25) is 17.7 Å². The first-order valence-corrected chi connectivity index (χ1v) is 12.0. The predicted molar refractivity (Wildman–Crippen MR) is 124 cm³/mol. The highest BCUT2D eigenvalue weighted by Crippen LogP contribution is 2.18. The van der Waals surface area contributed by atoms with Gasteiger partial charge in [-0.1, -0.05) is 0 Å². The van der Waals surface area contributed by atoms with Crippen molar-refractivity contribution in [2.75, 3.05) is 72.5 Å². The summed E-state index contributed by atoms with van der Waals surface area (Å²) in [5.74, 6) is -1.41. The second kappa shape index (κ2) is 14.8. The van der Waals surface area contributed by atoms with Gasteiger partial charge in [0.25, 0.3) is 0 Å². The Morgan fingerprint density at radius 1 is 0.818 bits per heavy atom. The lowest BCUT2D eigenvalue weighted by Gasteiger charge is -2.36. The van der Waals surface area contributed by atoms with E-state index in [-0.39, 0.29) is 50.1 Å². The molecular weight excluding hydrogens is 442 g/mol. The summed E-state index contributed by atoms with van der Waals surface area (Å²) >= 11 is 0. The molecule has 188 valence electrons. The number of hydrogen-bond donors (Lipinski definition) is 4. The molecule has 3 amide bonds. The van der Waals surface area contributed by atoms with Crippen molar-refractivity contribution in [3.05, 3.63) is 0 Å². The van der Waals surface area contributed by atoms with Gasteiger partial charge in [0.05, 0.1) is 6.54 Å². The molecule has 11 heteroatoms. The van der Waals surface area contributed by atoms with Gasteiger partial charge in [0.1, 0.15) is 0 Å². The maximum Gasteiger partial charge on any atom is 0.303 e. The Morgan fingerprint density at radius 2 is 1.42 bits per heavy atom. The lowest BCUT2D eigenvalue weighted by molar-refractivity contribution is -0.137. The molecule has 2 rings (SSSR count). The van der Waals surface area contributed by atoms with Gasteiger partial charge in [0.15, 0.2) is 0 Å². The summed E-state index contributed by atoms with van der Waals surface area (Å²) in [5, 5.41) is 16.6. The van der Waals surface area contributed by atoms with Crippen molar-refractivity contribution < 1.29 is 24.3 Å². The third kappa shape index (κ3) is 11.4. The van der Waals surface area contributed by atoms with Crippen LogP contribution in [0.3, 0.4) is 0 Å². The Labute approximate surface area is 196 Å². The highest BCUT2D eigenvalue weighted by molar-refractivity contribution is 5.81. The number of likely N-dealkylation sites (tertiary alicyclic amines) is 1. The second-order valence-electron chi connectivity index (χ2n) is 8.92. The van der Waals surface area contributed by atoms with E-state index in [4.69, 9.17) is 5.11 Å². The van der Waals surface area contributed by atoms with Gasteiger partial charge in [-0.3, -0.25) is 29.0 Å². The molecule has 2 aliphatic heterocycles. The summed E-state index contributed by atoms with van der Waals surface area (Å²) in [5.41, 5.74) is 0. The molecule has 0 aromatic heterocycles. The van der Waals surface area contributed by atoms with Crippen LogP contribution in [0.15, 0.2) is 0 Å². The molecule has 1 atom stereocenters. The highest BCUT2D eigenvalue weighted by Gasteiger charge is 2.28. The lowest BCUT2D eigenvalue weighted by Crippen LogP contribution is -2.50. The molecule has 11 nitrogen and oxygen atoms in total. The summed E-state index contributed by atoms with van der Waals surface area (Å²) in [6, 6.07) is 0.415. The third-order valence-electron chi connectivity index (χ3n) is 6.15. The largest absolute Gasteiger partial charge is 0.481 e. The number of rotatable bonds is 14. The number of carboxylic acid groups (broad SMARTS) is 1. The standard InChI is InChI=1S/C22H40N6O5/c1-26-12-14-27(15-13-26)16-18-4-3-11-28(18)17-21(31)25-10-7-20(30)24-9-6-19(29)23-8-2-5-22(32)33/h18H,2-17H2,1H3,(H,23,29)(H,24,30)(H,25,31)(H,32,33)/i3+1,4+1,7+1,10+1,11+1,12+1,14+1,16+1,18+1,19+1,20+1,24+1,25+1,28+1. The summed E-state index contributed by atoms with van der Waals surface area (Å²) in [6.45, 7) is 7.42. The molecule has 2 fully saturated rings. The Bertz CT molecular complexity index is 653. The number of amides is 3. The molecule has 0 aliphatic carbocycles. The fourth-order valence-electron chi connectivity index (χ4n) is 4.15. The smallest absolute Gasteiger partial charge is 0.303 e. The van der Waals surface area contributed by atoms with Gasteiger partial charge in [0, 0.05) is 77.7 Å². The summed E-state index contributed by atoms with van der Waals surface area (Å²) in [7, 11) is 2.15. The minimum absolute atomic E-state index is 0.0113. The van der Waals surface area contributed by atoms with Crippen LogP contribution in [-0.4, -0.2) is 122 Å². The van der Waals surface area contributed by atoms with Crippen LogP contribution in [0.4, 0.5) is 0 Å². The summed E-state index contributed by atoms with van der Waals surface area (Å²) in [4.78, 5) is 53.4. The number of hydrogen-bond acceptors (Lipinski definition) is 7. The maximum absolute atomic E-state index is 12.3. The average molecular weight is 482 g/mol. The van der Waals surface area contributed by atoms with E-state index in [1.807, 2.05) is 0 Å². The monoisotopic (exact) mass is 482 g/mol. The van der Waals surface area contributed by atoms with Gasteiger partial charge in [-0.25, -0.2) is 0 Å². The summed E-state index contributed by atoms with van der Waals surface area (Å²) in [6.07, 6.45) is 2.92. The molecule has 2 aliphatic rings. The van der Waals surface area contributed by atoms with E-state index in [2.05, 4.69) is 37.7 Å². The van der Waals surface area contributed by atoms with Crippen molar-refractivity contribution in [3.8, 4) is 0 Å². The number of likely N-dealkylation sites (N-methyl/N-ethyl adjacent to an activating group) is 1. The number of carbonyl (C=O) groups is 4. The predicted octanol–water partition coefficient (Wildman–Crippen LogP) is -1.31. The Morgan fingerprint density at radius 3 is 2.06 bits per heavy atom. The Kier molecular flexibility index (Phi) is 12.1. The minimum atomic E-state index is -0.894. The molecule has 2 saturated heterocycles.